The van der Waals surface area contributed by atoms with Crippen LogP contribution in [0.1, 0.15) is 0 Å². The largest absolute Gasteiger partial charge is 0.314 e. The SMILES string of the molecule is C[Si](C)(C)CP(N([Si](C)(C)C)[Si](C)(C)C)N([Si](C)(C)C)[Si](C)(C)C. The summed E-state index contributed by atoms with van der Waals surface area (Å²) in [5.74, 6) is 1.49. The molecular formula is C16H47N2PSi5. The maximum absolute atomic E-state index is 3.18. The summed E-state index contributed by atoms with van der Waals surface area (Å²) in [5, 5.41) is 0. The molecule has 0 aliphatic heterocycles. The molecule has 24 heavy (non-hydrogen) atoms. The fraction of sp³-hybridized carbons (Fsp3) is 1.00. The molecule has 0 unspecified atom stereocenters. The average Bonchev–Trinajstić information content (AvgIpc) is 2.01. The molecule has 0 saturated heterocycles. The van der Waals surface area contributed by atoms with Crippen molar-refractivity contribution in [3.63, 3.8) is 0 Å². The summed E-state index contributed by atoms with van der Waals surface area (Å²) in [6, 6.07) is 0. The molecule has 0 saturated carbocycles. The first-order valence-corrected chi connectivity index (χ1v) is 28.4. The normalized spacial score (nSPS) is 15.8. The Labute approximate surface area is 161 Å². The van der Waals surface area contributed by atoms with Gasteiger partial charge in [0.2, 0.25) is 0 Å². The van der Waals surface area contributed by atoms with E-state index in [0.717, 1.165) is 0 Å². The molecule has 0 fully saturated rings. The average molecular weight is 439 g/mol. The smallest absolute Gasteiger partial charge is 0.117 e. The molecule has 0 amide bonds. The van der Waals surface area contributed by atoms with Gasteiger partial charge in [-0.2, -0.15) is 0 Å². The van der Waals surface area contributed by atoms with E-state index >= 15 is 0 Å². The maximum Gasteiger partial charge on any atom is 0.117 e. The van der Waals surface area contributed by atoms with Crippen molar-refractivity contribution in [3.8, 4) is 0 Å². The molecule has 0 N–H and O–H groups in total. The molecule has 0 aromatic carbocycles. The summed E-state index contributed by atoms with van der Waals surface area (Å²) in [7, 11) is -6.70. The molecule has 8 heteroatoms. The highest BCUT2D eigenvalue weighted by Crippen LogP contribution is 2.56. The van der Waals surface area contributed by atoms with Crippen molar-refractivity contribution >= 4 is 49.2 Å². The minimum Gasteiger partial charge on any atom is -0.314 e. The molecule has 0 aliphatic rings. The Morgan fingerprint density at radius 2 is 0.667 bits per heavy atom. The van der Waals surface area contributed by atoms with E-state index in [4.69, 9.17) is 0 Å². The van der Waals surface area contributed by atoms with E-state index in [9.17, 15) is 0 Å². The number of hydrogen-bond donors (Lipinski definition) is 0. The van der Waals surface area contributed by atoms with Crippen molar-refractivity contribution in [1.82, 2.24) is 8.00 Å². The second-order valence-electron chi connectivity index (χ2n) is 12.4. The third-order valence-electron chi connectivity index (χ3n) is 3.62. The van der Waals surface area contributed by atoms with Crippen molar-refractivity contribution in [1.29, 1.82) is 0 Å². The summed E-state index contributed by atoms with van der Waals surface area (Å²) in [5.41, 5.74) is 0. The molecule has 0 atom stereocenters. The first-order valence-electron chi connectivity index (χ1n) is 9.46. The van der Waals surface area contributed by atoms with Crippen LogP contribution in [0.3, 0.4) is 0 Å². The van der Waals surface area contributed by atoms with Crippen LogP contribution in [0.15, 0.2) is 0 Å². The van der Waals surface area contributed by atoms with Gasteiger partial charge in [0.1, 0.15) is 32.9 Å². The molecule has 2 nitrogen and oxygen atoms in total. The Hall–Kier alpha value is 1.43. The third kappa shape index (κ3) is 7.98. The lowest BCUT2D eigenvalue weighted by Crippen LogP contribution is -2.65. The summed E-state index contributed by atoms with van der Waals surface area (Å²) < 4.78 is 6.37. The van der Waals surface area contributed by atoms with Gasteiger partial charge >= 0.3 is 0 Å². The van der Waals surface area contributed by atoms with Gasteiger partial charge in [-0.3, -0.25) is 0 Å². The minimum atomic E-state index is -1.36. The maximum atomic E-state index is 3.18. The Balaban J connectivity index is 6.44. The topological polar surface area (TPSA) is 6.48 Å². The highest BCUT2D eigenvalue weighted by Gasteiger charge is 2.49. The highest BCUT2D eigenvalue weighted by atomic mass is 31.1. The number of rotatable bonds is 8. The Bertz CT molecular complexity index is 351. The van der Waals surface area contributed by atoms with Gasteiger partial charge in [-0.1, -0.05) is 98.2 Å². The van der Waals surface area contributed by atoms with Crippen LogP contribution in [-0.2, 0) is 0 Å². The zero-order valence-electron chi connectivity index (χ0n) is 19.5. The molecular weight excluding hydrogens is 392 g/mol. The molecule has 0 rings (SSSR count). The summed E-state index contributed by atoms with van der Waals surface area (Å²) in [6.07, 6.45) is 0. The predicted molar refractivity (Wildman–Crippen MR) is 132 cm³/mol. The van der Waals surface area contributed by atoms with Gasteiger partial charge < -0.3 is 8.00 Å². The van der Waals surface area contributed by atoms with Gasteiger partial charge in [-0.05, 0) is 5.79 Å². The fourth-order valence-corrected chi connectivity index (χ4v) is 40.6. The first kappa shape index (κ1) is 25.4. The van der Waals surface area contributed by atoms with Gasteiger partial charge in [-0.25, -0.2) is 0 Å². The van der Waals surface area contributed by atoms with Gasteiger partial charge in [0.05, 0.1) is 8.07 Å². The van der Waals surface area contributed by atoms with Crippen LogP contribution in [0, 0.1) is 0 Å². The van der Waals surface area contributed by atoms with E-state index in [-0.39, 0.29) is 8.22 Å². The van der Waals surface area contributed by atoms with Crippen LogP contribution in [0.5, 0.6) is 0 Å². The monoisotopic (exact) mass is 438 g/mol. The van der Waals surface area contributed by atoms with Crippen LogP contribution in [-0.4, -0.2) is 54.8 Å². The summed E-state index contributed by atoms with van der Waals surface area (Å²) in [6.45, 7) is 38.9. The number of nitrogens with zero attached hydrogens (tertiary/aromatic N) is 2. The quantitative estimate of drug-likeness (QED) is 0.294. The number of hydrogen-bond acceptors (Lipinski definition) is 2. The zero-order valence-corrected chi connectivity index (χ0v) is 25.4. The minimum absolute atomic E-state index is 0.153. The lowest BCUT2D eigenvalue weighted by molar-refractivity contribution is 0.861. The van der Waals surface area contributed by atoms with E-state index in [1.54, 1.807) is 0 Å². The first-order chi connectivity index (χ1) is 10.1. The summed E-state index contributed by atoms with van der Waals surface area (Å²) >= 11 is 0. The third-order valence-corrected chi connectivity index (χ3v) is 32.6. The van der Waals surface area contributed by atoms with Gasteiger partial charge in [0.15, 0.2) is 0 Å². The zero-order chi connectivity index (χ0) is 19.9. The molecule has 146 valence electrons. The van der Waals surface area contributed by atoms with Crippen LogP contribution in [0.4, 0.5) is 0 Å². The van der Waals surface area contributed by atoms with Crippen molar-refractivity contribution < 1.29 is 0 Å². The van der Waals surface area contributed by atoms with E-state index in [1.165, 1.54) is 5.79 Å². The fourth-order valence-electron chi connectivity index (χ4n) is 4.05. The Kier molecular flexibility index (Phi) is 8.28. The molecule has 0 spiro atoms. The van der Waals surface area contributed by atoms with Gasteiger partial charge in [-0.15, -0.1) is 0 Å². The lowest BCUT2D eigenvalue weighted by atomic mass is 11.8. The summed E-state index contributed by atoms with van der Waals surface area (Å²) in [4.78, 5) is 0. The second-order valence-corrected chi connectivity index (χ2v) is 41.9. The van der Waals surface area contributed by atoms with Crippen LogP contribution >= 0.6 is 8.22 Å². The molecule has 0 aliphatic carbocycles. The van der Waals surface area contributed by atoms with Gasteiger partial charge in [0.25, 0.3) is 0 Å². The van der Waals surface area contributed by atoms with Crippen LogP contribution in [0.25, 0.3) is 0 Å². The van der Waals surface area contributed by atoms with Crippen LogP contribution in [0.2, 0.25) is 98.2 Å². The molecule has 0 bridgehead atoms. The van der Waals surface area contributed by atoms with E-state index in [2.05, 4.69) is 106 Å². The lowest BCUT2D eigenvalue weighted by Gasteiger charge is -2.59. The van der Waals surface area contributed by atoms with E-state index in [1.807, 2.05) is 0 Å². The molecule has 0 heterocycles. The Morgan fingerprint density at radius 1 is 0.458 bits per heavy atom. The van der Waals surface area contributed by atoms with Crippen LogP contribution < -0.4 is 0 Å². The second kappa shape index (κ2) is 7.82. The molecule has 0 radical (unpaired) electrons. The molecule has 0 aromatic heterocycles. The predicted octanol–water partition coefficient (Wildman–Crippen LogP) is 7.12. The van der Waals surface area contributed by atoms with Crippen molar-refractivity contribution in [3.05, 3.63) is 0 Å². The van der Waals surface area contributed by atoms with Crippen molar-refractivity contribution in [2.24, 2.45) is 0 Å². The van der Waals surface area contributed by atoms with E-state index in [0.29, 0.717) is 0 Å². The Morgan fingerprint density at radius 3 is 0.792 bits per heavy atom. The van der Waals surface area contributed by atoms with Gasteiger partial charge in [0, 0.05) is 8.22 Å². The standard InChI is InChI=1S/C16H47N2PSi5/c1-20(2,3)16-19(17(21(4,5)6)22(7,8)9)18(23(10,11)12)24(13,14)15/h16H2,1-15H3. The van der Waals surface area contributed by atoms with Crippen molar-refractivity contribution in [2.75, 3.05) is 5.79 Å². The molecule has 0 aromatic rings. The van der Waals surface area contributed by atoms with E-state index < -0.39 is 41.0 Å². The highest BCUT2D eigenvalue weighted by molar-refractivity contribution is 7.64. The van der Waals surface area contributed by atoms with Crippen molar-refractivity contribution in [2.45, 2.75) is 98.2 Å².